The van der Waals surface area contributed by atoms with Gasteiger partial charge in [-0.05, 0) is 12.1 Å². The van der Waals surface area contributed by atoms with E-state index in [9.17, 15) is 22.0 Å². The fraction of sp³-hybridized carbons (Fsp3) is 0.500. The van der Waals surface area contributed by atoms with E-state index >= 15 is 0 Å². The number of halogens is 5. The third-order valence-electron chi connectivity index (χ3n) is 3.10. The predicted octanol–water partition coefficient (Wildman–Crippen LogP) is 2.47. The molecule has 106 valence electrons. The van der Waals surface area contributed by atoms with Gasteiger partial charge < -0.3 is 5.32 Å². The Hall–Kier alpha value is -1.21. The molecule has 19 heavy (non-hydrogen) atoms. The van der Waals surface area contributed by atoms with E-state index in [0.717, 1.165) is 23.1 Å². The number of nitrogens with zero attached hydrogens (tertiary/aromatic N) is 1. The van der Waals surface area contributed by atoms with Crippen LogP contribution in [0.25, 0.3) is 0 Å². The fourth-order valence-corrected chi connectivity index (χ4v) is 2.27. The normalized spacial score (nSPS) is 19.4. The standard InChI is InChI=1S/C12H13F5N2/c13-8-2-1-3-9(14)10(8)11(12(15,16)17)19-6-4-18-5-7-19/h1-3,11,18H,4-7H2/t11-/m0/s1. The summed E-state index contributed by atoms with van der Waals surface area (Å²) in [6.07, 6.45) is -4.72. The number of rotatable bonds is 2. The molecule has 1 aromatic carbocycles. The van der Waals surface area contributed by atoms with Crippen molar-refractivity contribution in [1.29, 1.82) is 0 Å². The lowest BCUT2D eigenvalue weighted by Crippen LogP contribution is -2.49. The zero-order valence-electron chi connectivity index (χ0n) is 9.97. The van der Waals surface area contributed by atoms with Gasteiger partial charge in [0.2, 0.25) is 0 Å². The summed E-state index contributed by atoms with van der Waals surface area (Å²) in [6.45, 7) is 0.918. The lowest BCUT2D eigenvalue weighted by molar-refractivity contribution is -0.189. The maximum absolute atomic E-state index is 13.6. The molecule has 1 N–H and O–H groups in total. The Morgan fingerprint density at radius 1 is 1.05 bits per heavy atom. The second-order valence-electron chi connectivity index (χ2n) is 4.37. The van der Waals surface area contributed by atoms with E-state index in [1.54, 1.807) is 0 Å². The maximum Gasteiger partial charge on any atom is 0.408 e. The summed E-state index contributed by atoms with van der Waals surface area (Å²) in [7, 11) is 0. The Kier molecular flexibility index (Phi) is 4.05. The van der Waals surface area contributed by atoms with E-state index in [1.807, 2.05) is 0 Å². The smallest absolute Gasteiger partial charge is 0.314 e. The van der Waals surface area contributed by atoms with Gasteiger partial charge in [-0.25, -0.2) is 8.78 Å². The Bertz CT molecular complexity index is 420. The number of benzene rings is 1. The summed E-state index contributed by atoms with van der Waals surface area (Å²) in [5.74, 6) is -2.33. The second-order valence-corrected chi connectivity index (χ2v) is 4.37. The highest BCUT2D eigenvalue weighted by Gasteiger charge is 2.47. The summed E-state index contributed by atoms with van der Waals surface area (Å²) < 4.78 is 66.7. The molecule has 2 rings (SSSR count). The average molecular weight is 280 g/mol. The summed E-state index contributed by atoms with van der Waals surface area (Å²) in [5, 5.41) is 2.91. The predicted molar refractivity (Wildman–Crippen MR) is 59.6 cm³/mol. The molecule has 1 aromatic rings. The number of nitrogens with one attached hydrogen (secondary N) is 1. The van der Waals surface area contributed by atoms with Crippen LogP contribution in [0, 0.1) is 11.6 Å². The maximum atomic E-state index is 13.6. The molecule has 7 heteroatoms. The van der Waals surface area contributed by atoms with Gasteiger partial charge in [0.05, 0.1) is 0 Å². The average Bonchev–Trinajstić information content (AvgIpc) is 2.33. The minimum atomic E-state index is -4.72. The molecule has 0 aliphatic carbocycles. The van der Waals surface area contributed by atoms with Crippen molar-refractivity contribution in [3.05, 3.63) is 35.4 Å². The Morgan fingerprint density at radius 2 is 1.58 bits per heavy atom. The van der Waals surface area contributed by atoms with Gasteiger partial charge in [-0.2, -0.15) is 13.2 Å². The van der Waals surface area contributed by atoms with Gasteiger partial charge in [0.25, 0.3) is 0 Å². The van der Waals surface area contributed by atoms with Gasteiger partial charge in [0, 0.05) is 31.7 Å². The summed E-state index contributed by atoms with van der Waals surface area (Å²) in [4.78, 5) is 1.05. The van der Waals surface area contributed by atoms with Gasteiger partial charge in [-0.3, -0.25) is 4.90 Å². The molecule has 0 spiro atoms. The molecular weight excluding hydrogens is 267 g/mol. The van der Waals surface area contributed by atoms with Gasteiger partial charge in [0.15, 0.2) is 0 Å². The lowest BCUT2D eigenvalue weighted by atomic mass is 10.0. The van der Waals surface area contributed by atoms with Crippen molar-refractivity contribution in [3.63, 3.8) is 0 Å². The number of piperazine rings is 1. The molecule has 1 atom stereocenters. The first kappa shape index (κ1) is 14.2. The van der Waals surface area contributed by atoms with E-state index in [4.69, 9.17) is 0 Å². The molecule has 0 saturated carbocycles. The molecule has 1 fully saturated rings. The third-order valence-corrected chi connectivity index (χ3v) is 3.10. The van der Waals surface area contributed by atoms with Crippen molar-refractivity contribution in [2.24, 2.45) is 0 Å². The van der Waals surface area contributed by atoms with Crippen LogP contribution in [0.15, 0.2) is 18.2 Å². The first-order chi connectivity index (χ1) is 8.91. The molecule has 0 aromatic heterocycles. The van der Waals surface area contributed by atoms with Gasteiger partial charge in [0.1, 0.15) is 17.7 Å². The van der Waals surface area contributed by atoms with Crippen LogP contribution < -0.4 is 5.32 Å². The van der Waals surface area contributed by atoms with E-state index in [1.165, 1.54) is 0 Å². The minimum absolute atomic E-state index is 0.0952. The zero-order valence-corrected chi connectivity index (χ0v) is 9.97. The van der Waals surface area contributed by atoms with Crippen molar-refractivity contribution in [2.75, 3.05) is 26.2 Å². The van der Waals surface area contributed by atoms with E-state index < -0.39 is 29.4 Å². The highest BCUT2D eigenvalue weighted by molar-refractivity contribution is 5.25. The SMILES string of the molecule is Fc1cccc(F)c1[C@H](N1CCNCC1)C(F)(F)F. The third kappa shape index (κ3) is 3.03. The van der Waals surface area contributed by atoms with Crippen LogP contribution in [-0.2, 0) is 0 Å². The minimum Gasteiger partial charge on any atom is -0.314 e. The largest absolute Gasteiger partial charge is 0.408 e. The van der Waals surface area contributed by atoms with Crippen LogP contribution in [-0.4, -0.2) is 37.3 Å². The van der Waals surface area contributed by atoms with Crippen LogP contribution >= 0.6 is 0 Å². The molecular formula is C12H13F5N2. The summed E-state index contributed by atoms with van der Waals surface area (Å²) >= 11 is 0. The number of alkyl halides is 3. The first-order valence-corrected chi connectivity index (χ1v) is 5.86. The van der Waals surface area contributed by atoms with Gasteiger partial charge >= 0.3 is 6.18 Å². The molecule has 0 bridgehead atoms. The summed E-state index contributed by atoms with van der Waals surface area (Å²) in [5.41, 5.74) is -0.920. The number of hydrogen-bond acceptors (Lipinski definition) is 2. The molecule has 0 amide bonds. The molecule has 0 radical (unpaired) electrons. The van der Waals surface area contributed by atoms with Crippen LogP contribution in [0.2, 0.25) is 0 Å². The molecule has 1 heterocycles. The van der Waals surface area contributed by atoms with E-state index in [0.29, 0.717) is 13.1 Å². The second kappa shape index (κ2) is 5.42. The molecule has 0 unspecified atom stereocenters. The molecule has 1 aliphatic rings. The van der Waals surface area contributed by atoms with E-state index in [2.05, 4.69) is 5.32 Å². The quantitative estimate of drug-likeness (QED) is 0.837. The first-order valence-electron chi connectivity index (χ1n) is 5.86. The van der Waals surface area contributed by atoms with Crippen molar-refractivity contribution in [3.8, 4) is 0 Å². The van der Waals surface area contributed by atoms with Crippen LogP contribution in [0.1, 0.15) is 11.6 Å². The molecule has 2 nitrogen and oxygen atoms in total. The number of hydrogen-bond donors (Lipinski definition) is 1. The van der Waals surface area contributed by atoms with E-state index in [-0.39, 0.29) is 13.1 Å². The van der Waals surface area contributed by atoms with Crippen molar-refractivity contribution in [1.82, 2.24) is 10.2 Å². The highest BCUT2D eigenvalue weighted by Crippen LogP contribution is 2.39. The Morgan fingerprint density at radius 3 is 2.05 bits per heavy atom. The topological polar surface area (TPSA) is 15.3 Å². The molecule has 1 saturated heterocycles. The Balaban J connectivity index is 2.43. The van der Waals surface area contributed by atoms with Crippen LogP contribution in [0.3, 0.4) is 0 Å². The summed E-state index contributed by atoms with van der Waals surface area (Å²) in [6, 6.07) is 0.508. The van der Waals surface area contributed by atoms with Crippen LogP contribution in [0.5, 0.6) is 0 Å². The van der Waals surface area contributed by atoms with Crippen LogP contribution in [0.4, 0.5) is 22.0 Å². The lowest BCUT2D eigenvalue weighted by Gasteiger charge is -2.36. The molecule has 1 aliphatic heterocycles. The van der Waals surface area contributed by atoms with Crippen molar-refractivity contribution in [2.45, 2.75) is 12.2 Å². The Labute approximate surface area is 107 Å². The van der Waals surface area contributed by atoms with Crippen molar-refractivity contribution < 1.29 is 22.0 Å². The monoisotopic (exact) mass is 280 g/mol. The fourth-order valence-electron chi connectivity index (χ4n) is 2.27. The zero-order chi connectivity index (χ0) is 14.0. The van der Waals surface area contributed by atoms with Gasteiger partial charge in [-0.15, -0.1) is 0 Å². The highest BCUT2D eigenvalue weighted by atomic mass is 19.4. The van der Waals surface area contributed by atoms with Crippen molar-refractivity contribution >= 4 is 0 Å². The van der Waals surface area contributed by atoms with Gasteiger partial charge in [-0.1, -0.05) is 6.07 Å².